The van der Waals surface area contributed by atoms with Crippen LogP contribution in [0.4, 0.5) is 0 Å². The van der Waals surface area contributed by atoms with E-state index in [2.05, 4.69) is 39.0 Å². The molecule has 1 atom stereocenters. The summed E-state index contributed by atoms with van der Waals surface area (Å²) in [5.41, 5.74) is 4.69. The Morgan fingerprint density at radius 3 is 2.94 bits per heavy atom. The minimum absolute atomic E-state index is 0.279. The van der Waals surface area contributed by atoms with Gasteiger partial charge < -0.3 is 4.74 Å². The highest BCUT2D eigenvalue weighted by Crippen LogP contribution is 2.37. The summed E-state index contributed by atoms with van der Waals surface area (Å²) in [5, 5.41) is 1.16. The minimum Gasteiger partial charge on any atom is -0.489 e. The second kappa shape index (κ2) is 3.21. The Hall–Kier alpha value is -1.57. The lowest BCUT2D eigenvalue weighted by Crippen LogP contribution is -2.05. The van der Waals surface area contributed by atoms with E-state index >= 15 is 0 Å². The maximum absolute atomic E-state index is 5.92. The molecule has 16 heavy (non-hydrogen) atoms. The van der Waals surface area contributed by atoms with E-state index in [0.717, 1.165) is 28.8 Å². The van der Waals surface area contributed by atoms with E-state index in [-0.39, 0.29) is 6.10 Å². The number of ether oxygens (including phenoxy) is 1. The molecule has 1 aromatic carbocycles. The van der Waals surface area contributed by atoms with Gasteiger partial charge in [0.15, 0.2) is 0 Å². The topological polar surface area (TPSA) is 22.1 Å². The third-order valence-electron chi connectivity index (χ3n) is 3.28. The fraction of sp³-hybridized carbons (Fsp3) is 0.357. The number of rotatable bonds is 0. The van der Waals surface area contributed by atoms with Gasteiger partial charge in [0, 0.05) is 23.1 Å². The van der Waals surface area contributed by atoms with Gasteiger partial charge in [-0.15, -0.1) is 0 Å². The third kappa shape index (κ3) is 1.22. The van der Waals surface area contributed by atoms with Crippen LogP contribution in [0, 0.1) is 13.8 Å². The van der Waals surface area contributed by atoms with Gasteiger partial charge in [0.25, 0.3) is 0 Å². The van der Waals surface area contributed by atoms with E-state index < -0.39 is 0 Å². The van der Waals surface area contributed by atoms with Crippen LogP contribution in [0.3, 0.4) is 0 Å². The number of nitrogens with zero attached hydrogens (tertiary/aromatic N) is 1. The maximum Gasteiger partial charge on any atom is 0.134 e. The summed E-state index contributed by atoms with van der Waals surface area (Å²) in [7, 11) is 0. The zero-order valence-corrected chi connectivity index (χ0v) is 9.87. The Morgan fingerprint density at radius 2 is 2.12 bits per heavy atom. The van der Waals surface area contributed by atoms with Crippen molar-refractivity contribution in [3.8, 4) is 5.75 Å². The van der Waals surface area contributed by atoms with Crippen molar-refractivity contribution in [2.45, 2.75) is 33.3 Å². The van der Waals surface area contributed by atoms with Gasteiger partial charge >= 0.3 is 0 Å². The van der Waals surface area contributed by atoms with Gasteiger partial charge in [0.1, 0.15) is 11.9 Å². The molecular weight excluding hydrogens is 198 g/mol. The van der Waals surface area contributed by atoms with E-state index in [1.807, 2.05) is 0 Å². The first-order chi connectivity index (χ1) is 7.66. The number of hydrogen-bond acceptors (Lipinski definition) is 2. The average molecular weight is 213 g/mol. The van der Waals surface area contributed by atoms with Crippen LogP contribution in [-0.2, 0) is 6.42 Å². The highest BCUT2D eigenvalue weighted by Gasteiger charge is 2.24. The summed E-state index contributed by atoms with van der Waals surface area (Å²) < 4.78 is 5.92. The first-order valence-corrected chi connectivity index (χ1v) is 5.72. The number of para-hydroxylation sites is 1. The van der Waals surface area contributed by atoms with Crippen LogP contribution in [0.1, 0.15) is 23.7 Å². The molecule has 0 bridgehead atoms. The highest BCUT2D eigenvalue weighted by atomic mass is 16.5. The summed E-state index contributed by atoms with van der Waals surface area (Å²) in [6, 6.07) is 6.27. The molecule has 0 radical (unpaired) electrons. The standard InChI is InChI=1S/C14H15NO/c1-8-5-4-6-11-13(8)15-10(3)12-7-9(2)16-14(11)12/h4-6,9H,7H2,1-3H3. The van der Waals surface area contributed by atoms with Crippen LogP contribution < -0.4 is 4.74 Å². The SMILES string of the molecule is Cc1nc2c(C)cccc2c2c1CC(C)O2. The van der Waals surface area contributed by atoms with E-state index in [1.54, 1.807) is 0 Å². The van der Waals surface area contributed by atoms with Crippen molar-refractivity contribution in [1.29, 1.82) is 0 Å². The first kappa shape index (κ1) is 9.64. The molecular formula is C14H15NO. The van der Waals surface area contributed by atoms with Crippen molar-refractivity contribution in [2.75, 3.05) is 0 Å². The molecule has 0 N–H and O–H groups in total. The number of aryl methyl sites for hydroxylation is 2. The van der Waals surface area contributed by atoms with Crippen LogP contribution >= 0.6 is 0 Å². The summed E-state index contributed by atoms with van der Waals surface area (Å²) in [4.78, 5) is 4.70. The molecule has 0 amide bonds. The highest BCUT2D eigenvalue weighted by molar-refractivity contribution is 5.89. The largest absolute Gasteiger partial charge is 0.489 e. The van der Waals surface area contributed by atoms with Crippen LogP contribution in [0.2, 0.25) is 0 Å². The Labute approximate surface area is 95.3 Å². The van der Waals surface area contributed by atoms with E-state index in [4.69, 9.17) is 9.72 Å². The monoisotopic (exact) mass is 213 g/mol. The summed E-state index contributed by atoms with van der Waals surface area (Å²) in [6.07, 6.45) is 1.26. The predicted molar refractivity (Wildman–Crippen MR) is 65.0 cm³/mol. The van der Waals surface area contributed by atoms with Crippen LogP contribution in [0.5, 0.6) is 5.75 Å². The van der Waals surface area contributed by atoms with Gasteiger partial charge in [-0.3, -0.25) is 4.98 Å². The number of fused-ring (bicyclic) bond motifs is 3. The van der Waals surface area contributed by atoms with Crippen LogP contribution in [0.15, 0.2) is 18.2 Å². The molecule has 2 nitrogen and oxygen atoms in total. The second-order valence-corrected chi connectivity index (χ2v) is 4.61. The fourth-order valence-corrected chi connectivity index (χ4v) is 2.46. The van der Waals surface area contributed by atoms with Crippen molar-refractivity contribution in [3.63, 3.8) is 0 Å². The fourth-order valence-electron chi connectivity index (χ4n) is 2.46. The molecule has 2 aromatic rings. The zero-order chi connectivity index (χ0) is 11.3. The minimum atomic E-state index is 0.279. The Morgan fingerprint density at radius 1 is 1.31 bits per heavy atom. The van der Waals surface area contributed by atoms with Gasteiger partial charge in [0.05, 0.1) is 5.52 Å². The molecule has 1 unspecified atom stereocenters. The normalized spacial score (nSPS) is 18.6. The smallest absolute Gasteiger partial charge is 0.134 e. The zero-order valence-electron chi connectivity index (χ0n) is 9.87. The van der Waals surface area contributed by atoms with Gasteiger partial charge in [-0.2, -0.15) is 0 Å². The summed E-state index contributed by atoms with van der Waals surface area (Å²) >= 11 is 0. The first-order valence-electron chi connectivity index (χ1n) is 5.72. The second-order valence-electron chi connectivity index (χ2n) is 4.61. The molecule has 0 saturated heterocycles. The van der Waals surface area contributed by atoms with Gasteiger partial charge in [0.2, 0.25) is 0 Å². The number of hydrogen-bond donors (Lipinski definition) is 0. The number of pyridine rings is 1. The molecule has 1 aliphatic heterocycles. The molecule has 0 spiro atoms. The molecule has 1 aliphatic rings. The van der Waals surface area contributed by atoms with Crippen molar-refractivity contribution >= 4 is 10.9 Å². The van der Waals surface area contributed by atoms with Crippen molar-refractivity contribution in [2.24, 2.45) is 0 Å². The quantitative estimate of drug-likeness (QED) is 0.670. The molecule has 1 aromatic heterocycles. The average Bonchev–Trinajstić information content (AvgIpc) is 2.63. The molecule has 3 rings (SSSR count). The Kier molecular flexibility index (Phi) is 1.93. The van der Waals surface area contributed by atoms with Crippen molar-refractivity contribution in [3.05, 3.63) is 35.0 Å². The predicted octanol–water partition coefficient (Wildman–Crippen LogP) is 3.18. The lowest BCUT2D eigenvalue weighted by Gasteiger charge is -2.09. The maximum atomic E-state index is 5.92. The van der Waals surface area contributed by atoms with Gasteiger partial charge in [-0.1, -0.05) is 12.1 Å². The number of aromatic nitrogens is 1. The van der Waals surface area contributed by atoms with Gasteiger partial charge in [-0.25, -0.2) is 0 Å². The molecule has 2 heteroatoms. The third-order valence-corrected chi connectivity index (χ3v) is 3.28. The van der Waals surface area contributed by atoms with E-state index in [0.29, 0.717) is 0 Å². The van der Waals surface area contributed by atoms with Crippen molar-refractivity contribution < 1.29 is 4.74 Å². The lowest BCUT2D eigenvalue weighted by molar-refractivity contribution is 0.257. The van der Waals surface area contributed by atoms with Crippen LogP contribution in [0.25, 0.3) is 10.9 Å². The van der Waals surface area contributed by atoms with Gasteiger partial charge in [-0.05, 0) is 32.4 Å². The Bertz CT molecular complexity index is 574. The molecule has 0 aliphatic carbocycles. The van der Waals surface area contributed by atoms with Crippen LogP contribution in [-0.4, -0.2) is 11.1 Å². The summed E-state index contributed by atoms with van der Waals surface area (Å²) in [6.45, 7) is 6.28. The molecule has 2 heterocycles. The van der Waals surface area contributed by atoms with E-state index in [9.17, 15) is 0 Å². The molecule has 0 fully saturated rings. The molecule has 0 saturated carbocycles. The molecule has 82 valence electrons. The van der Waals surface area contributed by atoms with Crippen molar-refractivity contribution in [1.82, 2.24) is 4.98 Å². The summed E-state index contributed by atoms with van der Waals surface area (Å²) in [5.74, 6) is 1.05. The van der Waals surface area contributed by atoms with E-state index in [1.165, 1.54) is 11.1 Å². The lowest BCUT2D eigenvalue weighted by atomic mass is 10.0. The Balaban J connectivity index is 2.41. The number of benzene rings is 1.